The molecule has 0 atom stereocenters. The van der Waals surface area contributed by atoms with E-state index in [-0.39, 0.29) is 0 Å². The first kappa shape index (κ1) is 15.0. The fourth-order valence-electron chi connectivity index (χ4n) is 2.17. The maximum atomic E-state index is 12.3. The molecule has 0 aliphatic carbocycles. The first-order valence-corrected chi connectivity index (χ1v) is 7.73. The number of hydrogen-bond acceptors (Lipinski definition) is 5. The lowest BCUT2D eigenvalue weighted by Crippen LogP contribution is -2.07. The third-order valence-corrected chi connectivity index (χ3v) is 4.11. The van der Waals surface area contributed by atoms with Crippen LogP contribution in [0.2, 0.25) is 0 Å². The van der Waals surface area contributed by atoms with Gasteiger partial charge in [0.1, 0.15) is 16.7 Å². The number of para-hydroxylation sites is 1. The van der Waals surface area contributed by atoms with Crippen LogP contribution in [0.15, 0.2) is 49.9 Å². The molecule has 6 heteroatoms. The molecule has 0 amide bonds. The van der Waals surface area contributed by atoms with Crippen LogP contribution in [0.5, 0.6) is 0 Å². The summed E-state index contributed by atoms with van der Waals surface area (Å²) in [5, 5.41) is 12.6. The molecule has 0 fully saturated rings. The molecule has 0 saturated carbocycles. The molecule has 0 spiro atoms. The van der Waals surface area contributed by atoms with Gasteiger partial charge in [0.25, 0.3) is 0 Å². The number of hydrogen-bond donors (Lipinski definition) is 0. The lowest BCUT2D eigenvalue weighted by molar-refractivity contribution is 0.563. The Balaban J connectivity index is 2.18. The van der Waals surface area contributed by atoms with Crippen LogP contribution in [-0.2, 0) is 0 Å². The lowest BCUT2D eigenvalue weighted by atomic mass is 10.1. The minimum Gasteiger partial charge on any atom is -0.422 e. The predicted octanol–water partition coefficient (Wildman–Crippen LogP) is 3.61. The minimum atomic E-state index is -0.457. The molecule has 1 aromatic carbocycles. The van der Waals surface area contributed by atoms with Gasteiger partial charge in [-0.3, -0.25) is 0 Å². The van der Waals surface area contributed by atoms with Crippen LogP contribution in [0.4, 0.5) is 5.00 Å². The Morgan fingerprint density at radius 2 is 2.09 bits per heavy atom. The number of benzene rings is 1. The van der Waals surface area contributed by atoms with Crippen molar-refractivity contribution < 1.29 is 4.42 Å². The van der Waals surface area contributed by atoms with Crippen LogP contribution in [0.3, 0.4) is 0 Å². The van der Waals surface area contributed by atoms with Gasteiger partial charge in [-0.15, -0.1) is 11.3 Å². The topological polar surface area (TPSA) is 69.6 Å². The molecule has 2 heterocycles. The zero-order valence-corrected chi connectivity index (χ0v) is 13.4. The normalized spacial score (nSPS) is 11.0. The third kappa shape index (κ3) is 2.87. The molecule has 3 rings (SSSR count). The van der Waals surface area contributed by atoms with Gasteiger partial charge in [0.15, 0.2) is 0 Å². The van der Waals surface area contributed by atoms with Crippen molar-refractivity contribution in [3.05, 3.63) is 51.7 Å². The largest absolute Gasteiger partial charge is 0.422 e. The van der Waals surface area contributed by atoms with E-state index in [1.165, 1.54) is 11.3 Å². The van der Waals surface area contributed by atoms with Gasteiger partial charge in [-0.25, -0.2) is 9.79 Å². The summed E-state index contributed by atoms with van der Waals surface area (Å²) in [5.41, 5.74) is 1.39. The maximum Gasteiger partial charge on any atom is 0.344 e. The van der Waals surface area contributed by atoms with E-state index in [1.54, 1.807) is 28.8 Å². The summed E-state index contributed by atoms with van der Waals surface area (Å²) >= 11 is 1.32. The second-order valence-corrected chi connectivity index (χ2v) is 5.99. The van der Waals surface area contributed by atoms with E-state index in [0.29, 0.717) is 27.3 Å². The quantitative estimate of drug-likeness (QED) is 0.419. The number of thiophene rings is 1. The van der Waals surface area contributed by atoms with Crippen molar-refractivity contribution in [2.45, 2.75) is 0 Å². The molecule has 3 aromatic rings. The molecule has 0 aliphatic rings. The number of fused-ring (bicyclic) bond motifs is 1. The van der Waals surface area contributed by atoms with E-state index in [2.05, 4.69) is 11.1 Å². The van der Waals surface area contributed by atoms with Crippen LogP contribution in [0.1, 0.15) is 5.56 Å². The van der Waals surface area contributed by atoms with Crippen LogP contribution >= 0.6 is 11.3 Å². The van der Waals surface area contributed by atoms with Crippen LogP contribution in [0, 0.1) is 11.3 Å². The predicted molar refractivity (Wildman–Crippen MR) is 92.4 cm³/mol. The summed E-state index contributed by atoms with van der Waals surface area (Å²) in [6.45, 7) is 0. The minimum absolute atomic E-state index is 0.378. The average Bonchev–Trinajstić information content (AvgIpc) is 2.94. The van der Waals surface area contributed by atoms with Gasteiger partial charge in [-0.05, 0) is 12.1 Å². The van der Waals surface area contributed by atoms with Gasteiger partial charge in [-0.2, -0.15) is 5.26 Å². The summed E-state index contributed by atoms with van der Waals surface area (Å²) in [4.78, 5) is 18.3. The summed E-state index contributed by atoms with van der Waals surface area (Å²) in [6, 6.07) is 11.2. The lowest BCUT2D eigenvalue weighted by Gasteiger charge is -2.02. The second kappa shape index (κ2) is 6.07. The Morgan fingerprint density at radius 3 is 2.83 bits per heavy atom. The fraction of sp³-hybridized carbons (Fsp3) is 0.118. The highest BCUT2D eigenvalue weighted by atomic mass is 32.1. The zero-order valence-electron chi connectivity index (χ0n) is 12.6. The van der Waals surface area contributed by atoms with Crippen molar-refractivity contribution in [1.82, 2.24) is 4.90 Å². The number of rotatable bonds is 3. The summed E-state index contributed by atoms with van der Waals surface area (Å²) in [5.74, 6) is 0. The molecular weight excluding hydrogens is 310 g/mol. The molecule has 2 aromatic heterocycles. The molecule has 0 aliphatic heterocycles. The zero-order chi connectivity index (χ0) is 16.4. The van der Waals surface area contributed by atoms with Crippen molar-refractivity contribution in [3.63, 3.8) is 0 Å². The molecule has 114 valence electrons. The first-order chi connectivity index (χ1) is 11.1. The molecule has 0 N–H and O–H groups in total. The van der Waals surface area contributed by atoms with Gasteiger partial charge < -0.3 is 9.32 Å². The second-order valence-electron chi connectivity index (χ2n) is 5.13. The summed E-state index contributed by atoms with van der Waals surface area (Å²) in [7, 11) is 3.70. The molecule has 23 heavy (non-hydrogen) atoms. The van der Waals surface area contributed by atoms with Gasteiger partial charge >= 0.3 is 5.63 Å². The van der Waals surface area contributed by atoms with Crippen molar-refractivity contribution in [3.8, 4) is 17.2 Å². The molecule has 0 unspecified atom stereocenters. The van der Waals surface area contributed by atoms with E-state index in [0.717, 1.165) is 5.39 Å². The van der Waals surface area contributed by atoms with Gasteiger partial charge in [0.05, 0.1) is 17.5 Å². The van der Waals surface area contributed by atoms with E-state index >= 15 is 0 Å². The van der Waals surface area contributed by atoms with Crippen molar-refractivity contribution in [2.75, 3.05) is 14.1 Å². The molecule has 0 bridgehead atoms. The van der Waals surface area contributed by atoms with Crippen molar-refractivity contribution >= 4 is 33.6 Å². The first-order valence-electron chi connectivity index (χ1n) is 6.85. The fourth-order valence-corrected chi connectivity index (χ4v) is 3.02. The van der Waals surface area contributed by atoms with E-state index in [1.807, 2.05) is 32.3 Å². The monoisotopic (exact) mass is 323 g/mol. The number of nitrogens with zero attached hydrogens (tertiary/aromatic N) is 3. The number of nitriles is 1. The highest BCUT2D eigenvalue weighted by Crippen LogP contribution is 2.36. The maximum absolute atomic E-state index is 12.3. The summed E-state index contributed by atoms with van der Waals surface area (Å²) in [6.07, 6.45) is 1.62. The molecular formula is C17H13N3O2S. The van der Waals surface area contributed by atoms with Crippen LogP contribution < -0.4 is 5.63 Å². The van der Waals surface area contributed by atoms with Gasteiger partial charge in [0, 0.05) is 30.4 Å². The SMILES string of the molecule is CN(C)C=Nc1scc(-c2cc3ccccc3oc2=O)c1C#N. The standard InChI is InChI=1S/C17H13N3O2S/c1-20(2)10-19-16-13(8-18)14(9-23-16)12-7-11-5-3-4-6-15(11)22-17(12)21/h3-7,9-10H,1-2H3. The van der Waals surface area contributed by atoms with Crippen molar-refractivity contribution in [2.24, 2.45) is 4.99 Å². The Morgan fingerprint density at radius 1 is 1.30 bits per heavy atom. The van der Waals surface area contributed by atoms with Gasteiger partial charge in [-0.1, -0.05) is 18.2 Å². The van der Waals surface area contributed by atoms with Gasteiger partial charge in [0.2, 0.25) is 0 Å². The van der Waals surface area contributed by atoms with E-state index in [4.69, 9.17) is 4.42 Å². The Kier molecular flexibility index (Phi) is 3.96. The van der Waals surface area contributed by atoms with E-state index < -0.39 is 5.63 Å². The number of aliphatic imine (C=N–C) groups is 1. The molecule has 5 nitrogen and oxygen atoms in total. The Bertz CT molecular complexity index is 993. The van der Waals surface area contributed by atoms with Crippen LogP contribution in [-0.4, -0.2) is 25.3 Å². The summed E-state index contributed by atoms with van der Waals surface area (Å²) < 4.78 is 5.35. The Labute approximate surface area is 136 Å². The highest BCUT2D eigenvalue weighted by molar-refractivity contribution is 7.14. The smallest absolute Gasteiger partial charge is 0.344 e. The molecule has 0 saturated heterocycles. The van der Waals surface area contributed by atoms with Crippen molar-refractivity contribution in [1.29, 1.82) is 5.26 Å². The third-order valence-electron chi connectivity index (χ3n) is 3.22. The average molecular weight is 323 g/mol. The van der Waals surface area contributed by atoms with Crippen LogP contribution in [0.25, 0.3) is 22.1 Å². The Hall–Kier alpha value is -2.91. The molecule has 0 radical (unpaired) electrons. The highest BCUT2D eigenvalue weighted by Gasteiger charge is 2.17. The van der Waals surface area contributed by atoms with E-state index in [9.17, 15) is 10.1 Å².